The van der Waals surface area contributed by atoms with Gasteiger partial charge in [0.05, 0.1) is 17.5 Å². The summed E-state index contributed by atoms with van der Waals surface area (Å²) in [6.07, 6.45) is 12.2. The van der Waals surface area contributed by atoms with Crippen LogP contribution in [0.1, 0.15) is 83.4 Å². The number of rotatable bonds is 17. The number of benzene rings is 5. The Morgan fingerprint density at radius 1 is 0.775 bits per heavy atom. The van der Waals surface area contributed by atoms with E-state index < -0.39 is 31.1 Å². The molecule has 0 aromatic heterocycles. The zero-order chi connectivity index (χ0) is 49.3. The predicted molar refractivity (Wildman–Crippen MR) is 294 cm³/mol. The number of anilines is 2. The van der Waals surface area contributed by atoms with E-state index in [0.717, 1.165) is 85.9 Å². The summed E-state index contributed by atoms with van der Waals surface area (Å²) < 4.78 is 74.1. The predicted octanol–water partition coefficient (Wildman–Crippen LogP) is 9.63. The molecule has 1 amide bonds. The van der Waals surface area contributed by atoms with E-state index in [-0.39, 0.29) is 95.4 Å². The van der Waals surface area contributed by atoms with E-state index in [4.69, 9.17) is 4.74 Å². The van der Waals surface area contributed by atoms with Crippen molar-refractivity contribution in [2.24, 2.45) is 0 Å². The van der Waals surface area contributed by atoms with Crippen LogP contribution in [-0.4, -0.2) is 128 Å². The summed E-state index contributed by atoms with van der Waals surface area (Å²) in [4.78, 5) is 16.6. The molecule has 15 heteroatoms. The van der Waals surface area contributed by atoms with Gasteiger partial charge in [0.1, 0.15) is 11.5 Å². The molecule has 1 atom stereocenters. The average molecular weight is 1020 g/mol. The maximum atomic E-state index is 12.1. The number of amides is 1. The number of carbonyl (C=O) groups excluding carboxylic acids is 1. The summed E-state index contributed by atoms with van der Waals surface area (Å²) in [5.74, 6) is 0.534. The molecule has 1 aliphatic carbocycles. The van der Waals surface area contributed by atoms with E-state index in [1.54, 1.807) is 6.92 Å². The number of nitrogens with one attached hydrogen (secondary N) is 1. The van der Waals surface area contributed by atoms with Crippen molar-refractivity contribution in [1.29, 1.82) is 0 Å². The molecule has 0 bridgehead atoms. The van der Waals surface area contributed by atoms with Crippen molar-refractivity contribution >= 4 is 118 Å². The van der Waals surface area contributed by atoms with Gasteiger partial charge in [0.15, 0.2) is 0 Å². The van der Waals surface area contributed by atoms with Gasteiger partial charge in [0, 0.05) is 53.1 Å². The summed E-state index contributed by atoms with van der Waals surface area (Å²) in [6.45, 7) is 15.6. The fourth-order valence-corrected chi connectivity index (χ4v) is 11.6. The molecule has 5 aromatic rings. The number of allylic oxidation sites excluding steroid dienone is 6. The summed E-state index contributed by atoms with van der Waals surface area (Å²) in [5.41, 5.74) is 8.04. The first-order valence-corrected chi connectivity index (χ1v) is 27.0. The Hall–Kier alpha value is -3.99. The molecule has 3 aliphatic rings. The molecule has 0 saturated heterocycles. The minimum absolute atomic E-state index is 0. The molecule has 71 heavy (non-hydrogen) atoms. The second-order valence-corrected chi connectivity index (χ2v) is 22.8. The van der Waals surface area contributed by atoms with Crippen LogP contribution in [0.4, 0.5) is 11.4 Å². The molecule has 8 rings (SSSR count). The van der Waals surface area contributed by atoms with E-state index in [0.29, 0.717) is 37.4 Å². The van der Waals surface area contributed by atoms with Gasteiger partial charge in [-0.1, -0.05) is 125 Å². The Bertz CT molecular complexity index is 3180. The van der Waals surface area contributed by atoms with Crippen LogP contribution in [0.5, 0.6) is 5.75 Å². The van der Waals surface area contributed by atoms with Crippen LogP contribution in [0.3, 0.4) is 0 Å². The topological polar surface area (TPSA) is 154 Å². The van der Waals surface area contributed by atoms with Gasteiger partial charge in [-0.05, 0) is 125 Å². The molecule has 0 fully saturated rings. The van der Waals surface area contributed by atoms with Gasteiger partial charge >= 0.3 is 59.1 Å². The number of hydrogen-bond donors (Lipinski definition) is 3. The zero-order valence-electron chi connectivity index (χ0n) is 40.2. The molecule has 0 saturated carbocycles. The Morgan fingerprint density at radius 3 is 1.99 bits per heavy atom. The molecular formula is C56H65N3Na2O8S2. The average Bonchev–Trinajstić information content (AvgIpc) is 3.65. The molecule has 11 nitrogen and oxygen atoms in total. The van der Waals surface area contributed by atoms with Gasteiger partial charge in [-0.2, -0.15) is 16.8 Å². The van der Waals surface area contributed by atoms with E-state index in [1.165, 1.54) is 5.56 Å². The molecule has 0 radical (unpaired) electrons. The number of carbonyl (C=O) groups is 1. The van der Waals surface area contributed by atoms with E-state index in [9.17, 15) is 30.7 Å². The van der Waals surface area contributed by atoms with Crippen LogP contribution in [0.25, 0.3) is 21.5 Å². The first-order valence-electron chi connectivity index (χ1n) is 23.8. The van der Waals surface area contributed by atoms with Crippen molar-refractivity contribution < 1.29 is 35.5 Å². The fourth-order valence-electron chi connectivity index (χ4n) is 10.6. The van der Waals surface area contributed by atoms with Crippen LogP contribution in [-0.2, 0) is 42.3 Å². The zero-order valence-corrected chi connectivity index (χ0v) is 41.8. The van der Waals surface area contributed by atoms with Crippen molar-refractivity contribution in [2.75, 3.05) is 40.9 Å². The van der Waals surface area contributed by atoms with Crippen molar-refractivity contribution in [3.8, 4) is 5.75 Å². The number of ether oxygens (including phenoxy) is 1. The monoisotopic (exact) mass is 1020 g/mol. The van der Waals surface area contributed by atoms with Gasteiger partial charge in [-0.25, -0.2) is 0 Å². The molecule has 1 unspecified atom stereocenters. The van der Waals surface area contributed by atoms with Gasteiger partial charge in [0.2, 0.25) is 5.91 Å². The molecule has 5 aromatic carbocycles. The summed E-state index contributed by atoms with van der Waals surface area (Å²) in [7, 11) is -8.32. The third-order valence-electron chi connectivity index (χ3n) is 13.9. The molecule has 0 spiro atoms. The van der Waals surface area contributed by atoms with Crippen molar-refractivity contribution in [3.05, 3.63) is 173 Å². The second-order valence-electron chi connectivity index (χ2n) is 19.6. The standard InChI is InChI=1S/C56H63N3O8S2.2Na.2H/c1-38(2)54(60)57-33-32-39-20-26-44(27-21-39)67-53-42(24-30-49-55(3,4)51-45-18-9-7-14-40(45)22-28-47(51)58(49)34-12-36-68(61,62)63)16-11-17-43(53)25-31-50-56(5,6)52-46-19-10-8-15-41(46)23-29-48(52)59(50)35-13-37-69(64,65)66;;;;/h7-10,14-15,18-31,49H,1,11-13,16-17,32-37H2,2-6H3,(H,57,60)(H,61,62,63)(H,64,65,66);;;;. The van der Waals surface area contributed by atoms with Crippen LogP contribution in [0.2, 0.25) is 0 Å². The van der Waals surface area contributed by atoms with Crippen LogP contribution >= 0.6 is 0 Å². The summed E-state index contributed by atoms with van der Waals surface area (Å²) >= 11 is 0. The fraction of sp³-hybridized carbons (Fsp3) is 0.339. The first-order chi connectivity index (χ1) is 32.7. The van der Waals surface area contributed by atoms with Crippen molar-refractivity contribution in [2.45, 2.75) is 90.0 Å². The quantitative estimate of drug-likeness (QED) is 0.0466. The van der Waals surface area contributed by atoms with Crippen molar-refractivity contribution in [1.82, 2.24) is 5.32 Å². The molecular weight excluding hydrogens is 953 g/mol. The first kappa shape index (κ1) is 56.3. The van der Waals surface area contributed by atoms with E-state index in [2.05, 4.69) is 122 Å². The maximum absolute atomic E-state index is 12.1. The third kappa shape index (κ3) is 12.7. The van der Waals surface area contributed by atoms with E-state index >= 15 is 0 Å². The molecule has 3 N–H and O–H groups in total. The molecule has 366 valence electrons. The van der Waals surface area contributed by atoms with Crippen LogP contribution < -0.4 is 19.9 Å². The Balaban J connectivity index is 0.00000413. The number of hydrogen-bond acceptors (Lipinski definition) is 8. The third-order valence-corrected chi connectivity index (χ3v) is 15.5. The van der Waals surface area contributed by atoms with E-state index in [1.807, 2.05) is 48.5 Å². The van der Waals surface area contributed by atoms with Gasteiger partial charge in [0.25, 0.3) is 20.2 Å². The number of nitrogens with zero attached hydrogens (tertiary/aromatic N) is 2. The number of fused-ring (bicyclic) bond motifs is 6. The van der Waals surface area contributed by atoms with Gasteiger partial charge in [-0.15, -0.1) is 0 Å². The Kier molecular flexibility index (Phi) is 18.3. The van der Waals surface area contributed by atoms with Crippen LogP contribution in [0, 0.1) is 0 Å². The summed E-state index contributed by atoms with van der Waals surface area (Å²) in [5, 5.41) is 7.42. The Morgan fingerprint density at radius 2 is 1.37 bits per heavy atom. The summed E-state index contributed by atoms with van der Waals surface area (Å²) in [6, 6.07) is 32.8. The SMILES string of the molecule is C=C(C)C(=O)NCCc1ccc(OC2=C(C=CC3N(CCCS(=O)(=O)O)c4ccc5ccccc5c4C3(C)C)CCCC2=CC=C2N(CCCS(=O)(=O)O)c3ccc4ccccc4c3C2(C)C)cc1.[NaH].[NaH]. The van der Waals surface area contributed by atoms with Gasteiger partial charge < -0.3 is 19.9 Å². The minimum atomic E-state index is -4.16. The van der Waals surface area contributed by atoms with Crippen LogP contribution in [0.15, 0.2) is 156 Å². The second kappa shape index (κ2) is 23.1. The normalized spacial score (nSPS) is 18.4. The molecule has 2 aliphatic heterocycles. The van der Waals surface area contributed by atoms with Crippen molar-refractivity contribution in [3.63, 3.8) is 0 Å². The Labute approximate surface area is 464 Å². The molecule has 2 heterocycles. The van der Waals surface area contributed by atoms with Gasteiger partial charge in [-0.3, -0.25) is 13.9 Å².